The van der Waals surface area contributed by atoms with Gasteiger partial charge < -0.3 is 11.1 Å². The summed E-state index contributed by atoms with van der Waals surface area (Å²) in [4.78, 5) is 11.8. The fraction of sp³-hybridized carbons (Fsp3) is 0.917. The molecule has 0 saturated heterocycles. The SMILES string of the molecule is CCC(NC(=O)C(C)CCCN)C(C)C. The van der Waals surface area contributed by atoms with Gasteiger partial charge >= 0.3 is 0 Å². The predicted octanol–water partition coefficient (Wildman–Crippen LogP) is 1.91. The third-order valence-corrected chi connectivity index (χ3v) is 2.86. The number of amides is 1. The summed E-state index contributed by atoms with van der Waals surface area (Å²) in [5, 5.41) is 3.10. The van der Waals surface area contributed by atoms with Gasteiger partial charge in [-0.25, -0.2) is 0 Å². The second-order valence-corrected chi connectivity index (χ2v) is 4.60. The first-order chi connectivity index (χ1) is 7.02. The Morgan fingerprint density at radius 1 is 1.33 bits per heavy atom. The first kappa shape index (κ1) is 14.4. The van der Waals surface area contributed by atoms with E-state index < -0.39 is 0 Å². The Morgan fingerprint density at radius 2 is 1.93 bits per heavy atom. The molecule has 1 amide bonds. The average molecular weight is 214 g/mol. The molecule has 0 aromatic heterocycles. The summed E-state index contributed by atoms with van der Waals surface area (Å²) < 4.78 is 0. The molecule has 0 aliphatic rings. The minimum absolute atomic E-state index is 0.0846. The van der Waals surface area contributed by atoms with E-state index in [4.69, 9.17) is 5.73 Å². The zero-order valence-electron chi connectivity index (χ0n) is 10.5. The van der Waals surface area contributed by atoms with Gasteiger partial charge in [0.25, 0.3) is 0 Å². The molecule has 0 heterocycles. The Morgan fingerprint density at radius 3 is 2.33 bits per heavy atom. The van der Waals surface area contributed by atoms with Crippen molar-refractivity contribution in [2.24, 2.45) is 17.6 Å². The Labute approximate surface area is 93.8 Å². The Kier molecular flexibility index (Phi) is 7.39. The molecular weight excluding hydrogens is 188 g/mol. The van der Waals surface area contributed by atoms with Crippen LogP contribution in [0.25, 0.3) is 0 Å². The van der Waals surface area contributed by atoms with Crippen molar-refractivity contribution in [1.82, 2.24) is 5.32 Å². The Bertz CT molecular complexity index is 180. The van der Waals surface area contributed by atoms with Crippen LogP contribution in [0.2, 0.25) is 0 Å². The summed E-state index contributed by atoms with van der Waals surface area (Å²) in [6, 6.07) is 0.304. The summed E-state index contributed by atoms with van der Waals surface area (Å²) in [5.74, 6) is 0.756. The van der Waals surface area contributed by atoms with E-state index in [9.17, 15) is 4.79 Å². The van der Waals surface area contributed by atoms with Crippen LogP contribution in [-0.4, -0.2) is 18.5 Å². The van der Waals surface area contributed by atoms with Gasteiger partial charge in [0.15, 0.2) is 0 Å². The molecule has 0 bridgehead atoms. The highest BCUT2D eigenvalue weighted by atomic mass is 16.1. The van der Waals surface area contributed by atoms with E-state index in [0.717, 1.165) is 19.3 Å². The van der Waals surface area contributed by atoms with Crippen molar-refractivity contribution >= 4 is 5.91 Å². The summed E-state index contributed by atoms with van der Waals surface area (Å²) in [6.45, 7) is 9.02. The standard InChI is InChI=1S/C12H26N2O/c1-5-11(9(2)3)14-12(15)10(4)7-6-8-13/h9-11H,5-8,13H2,1-4H3,(H,14,15). The van der Waals surface area contributed by atoms with E-state index in [1.807, 2.05) is 6.92 Å². The lowest BCUT2D eigenvalue weighted by atomic mass is 9.99. The topological polar surface area (TPSA) is 55.1 Å². The highest BCUT2D eigenvalue weighted by Gasteiger charge is 2.18. The van der Waals surface area contributed by atoms with Crippen molar-refractivity contribution in [3.8, 4) is 0 Å². The van der Waals surface area contributed by atoms with Crippen molar-refractivity contribution in [1.29, 1.82) is 0 Å². The molecule has 0 spiro atoms. The third kappa shape index (κ3) is 5.78. The predicted molar refractivity (Wildman–Crippen MR) is 64.5 cm³/mol. The largest absolute Gasteiger partial charge is 0.353 e. The molecule has 2 atom stereocenters. The van der Waals surface area contributed by atoms with Gasteiger partial charge in [-0.2, -0.15) is 0 Å². The highest BCUT2D eigenvalue weighted by Crippen LogP contribution is 2.09. The summed E-state index contributed by atoms with van der Waals surface area (Å²) in [6.07, 6.45) is 2.80. The quantitative estimate of drug-likeness (QED) is 0.680. The lowest BCUT2D eigenvalue weighted by Gasteiger charge is -2.22. The lowest BCUT2D eigenvalue weighted by molar-refractivity contribution is -0.125. The van der Waals surface area contributed by atoms with Crippen LogP contribution in [0.1, 0.15) is 47.0 Å². The lowest BCUT2D eigenvalue weighted by Crippen LogP contribution is -2.40. The average Bonchev–Trinajstić information content (AvgIpc) is 2.21. The fourth-order valence-corrected chi connectivity index (χ4v) is 1.62. The van der Waals surface area contributed by atoms with Crippen molar-refractivity contribution in [3.63, 3.8) is 0 Å². The normalized spacial score (nSPS) is 15.1. The Balaban J connectivity index is 3.98. The number of hydrogen-bond donors (Lipinski definition) is 2. The number of rotatable bonds is 7. The van der Waals surface area contributed by atoms with Crippen LogP contribution < -0.4 is 11.1 Å². The monoisotopic (exact) mass is 214 g/mol. The van der Waals surface area contributed by atoms with Gasteiger partial charge in [-0.15, -0.1) is 0 Å². The molecule has 0 fully saturated rings. The van der Waals surface area contributed by atoms with Crippen LogP contribution >= 0.6 is 0 Å². The molecular formula is C12H26N2O. The van der Waals surface area contributed by atoms with Gasteiger partial charge in [-0.3, -0.25) is 4.79 Å². The molecule has 0 aliphatic carbocycles. The highest BCUT2D eigenvalue weighted by molar-refractivity contribution is 5.78. The maximum absolute atomic E-state index is 11.8. The molecule has 0 saturated carbocycles. The van der Waals surface area contributed by atoms with Crippen LogP contribution in [0.4, 0.5) is 0 Å². The number of hydrogen-bond acceptors (Lipinski definition) is 2. The van der Waals surface area contributed by atoms with E-state index in [0.29, 0.717) is 18.5 Å². The van der Waals surface area contributed by atoms with Gasteiger partial charge in [0.05, 0.1) is 0 Å². The van der Waals surface area contributed by atoms with Gasteiger partial charge in [-0.1, -0.05) is 27.7 Å². The molecule has 2 unspecified atom stereocenters. The van der Waals surface area contributed by atoms with Crippen molar-refractivity contribution in [2.45, 2.75) is 53.0 Å². The van der Waals surface area contributed by atoms with Crippen LogP contribution in [0.15, 0.2) is 0 Å². The third-order valence-electron chi connectivity index (χ3n) is 2.86. The first-order valence-corrected chi connectivity index (χ1v) is 6.03. The Hall–Kier alpha value is -0.570. The zero-order valence-corrected chi connectivity index (χ0v) is 10.5. The summed E-state index contributed by atoms with van der Waals surface area (Å²) in [5.41, 5.74) is 5.42. The minimum atomic E-state index is 0.0846. The van der Waals surface area contributed by atoms with Crippen LogP contribution in [0.5, 0.6) is 0 Å². The molecule has 0 rings (SSSR count). The van der Waals surface area contributed by atoms with Crippen molar-refractivity contribution in [2.75, 3.05) is 6.54 Å². The smallest absolute Gasteiger partial charge is 0.223 e. The van der Waals surface area contributed by atoms with E-state index in [2.05, 4.69) is 26.1 Å². The minimum Gasteiger partial charge on any atom is -0.353 e. The molecule has 0 aromatic carbocycles. The van der Waals surface area contributed by atoms with Gasteiger partial charge in [0, 0.05) is 12.0 Å². The van der Waals surface area contributed by atoms with Gasteiger partial charge in [0.2, 0.25) is 5.91 Å². The molecule has 0 aliphatic heterocycles. The molecule has 0 aromatic rings. The number of nitrogens with one attached hydrogen (secondary N) is 1. The summed E-state index contributed by atoms with van der Waals surface area (Å²) >= 11 is 0. The van der Waals surface area contributed by atoms with Gasteiger partial charge in [-0.05, 0) is 31.7 Å². The molecule has 0 radical (unpaired) electrons. The van der Waals surface area contributed by atoms with E-state index >= 15 is 0 Å². The number of carbonyl (C=O) groups excluding carboxylic acids is 1. The van der Waals surface area contributed by atoms with E-state index in [1.54, 1.807) is 0 Å². The molecule has 3 nitrogen and oxygen atoms in total. The van der Waals surface area contributed by atoms with Crippen LogP contribution in [0.3, 0.4) is 0 Å². The fourth-order valence-electron chi connectivity index (χ4n) is 1.62. The molecule has 3 N–H and O–H groups in total. The summed E-state index contributed by atoms with van der Waals surface area (Å²) in [7, 11) is 0. The second kappa shape index (κ2) is 7.69. The molecule has 90 valence electrons. The maximum Gasteiger partial charge on any atom is 0.223 e. The van der Waals surface area contributed by atoms with E-state index in [1.165, 1.54) is 0 Å². The van der Waals surface area contributed by atoms with Crippen LogP contribution in [0, 0.1) is 11.8 Å². The zero-order chi connectivity index (χ0) is 11.8. The molecule has 15 heavy (non-hydrogen) atoms. The second-order valence-electron chi connectivity index (χ2n) is 4.60. The number of carbonyl (C=O) groups is 1. The number of nitrogens with two attached hydrogens (primary N) is 1. The van der Waals surface area contributed by atoms with Gasteiger partial charge in [0.1, 0.15) is 0 Å². The van der Waals surface area contributed by atoms with E-state index in [-0.39, 0.29) is 11.8 Å². The molecule has 3 heteroatoms. The maximum atomic E-state index is 11.8. The first-order valence-electron chi connectivity index (χ1n) is 6.03. The van der Waals surface area contributed by atoms with Crippen molar-refractivity contribution in [3.05, 3.63) is 0 Å². The van der Waals surface area contributed by atoms with Crippen molar-refractivity contribution < 1.29 is 4.79 Å². The van der Waals surface area contributed by atoms with Crippen LogP contribution in [-0.2, 0) is 4.79 Å².